The lowest BCUT2D eigenvalue weighted by molar-refractivity contribution is -0.148. The number of carbonyl (C=O) groups excluding carboxylic acids is 1. The first-order valence-electron chi connectivity index (χ1n) is 6.09. The molecule has 0 spiro atoms. The number of amides is 1. The number of carboxylic acid groups (broad SMARTS) is 1. The van der Waals surface area contributed by atoms with E-state index in [4.69, 9.17) is 9.84 Å². The van der Waals surface area contributed by atoms with E-state index in [0.717, 1.165) is 19.4 Å². The van der Waals surface area contributed by atoms with Crippen molar-refractivity contribution >= 4 is 11.9 Å². The van der Waals surface area contributed by atoms with Gasteiger partial charge in [0.25, 0.3) is 0 Å². The van der Waals surface area contributed by atoms with E-state index in [1.54, 1.807) is 13.8 Å². The van der Waals surface area contributed by atoms with Gasteiger partial charge in [-0.15, -0.1) is 0 Å². The lowest BCUT2D eigenvalue weighted by Crippen LogP contribution is -2.41. The molecule has 5 nitrogen and oxygen atoms in total. The van der Waals surface area contributed by atoms with Gasteiger partial charge in [0.05, 0.1) is 17.9 Å². The molecule has 0 aromatic rings. The minimum Gasteiger partial charge on any atom is -0.481 e. The molecule has 0 aromatic carbocycles. The van der Waals surface area contributed by atoms with Crippen LogP contribution < -0.4 is 5.32 Å². The van der Waals surface area contributed by atoms with Gasteiger partial charge >= 0.3 is 5.97 Å². The van der Waals surface area contributed by atoms with Gasteiger partial charge in [-0.3, -0.25) is 9.59 Å². The Labute approximate surface area is 102 Å². The van der Waals surface area contributed by atoms with Crippen LogP contribution in [0.5, 0.6) is 0 Å². The van der Waals surface area contributed by atoms with Crippen molar-refractivity contribution < 1.29 is 19.4 Å². The van der Waals surface area contributed by atoms with Crippen molar-refractivity contribution in [1.29, 1.82) is 0 Å². The van der Waals surface area contributed by atoms with Gasteiger partial charge in [0.2, 0.25) is 5.91 Å². The average Bonchev–Trinajstić information content (AvgIpc) is 2.78. The maximum Gasteiger partial charge on any atom is 0.311 e. The molecule has 2 unspecified atom stereocenters. The molecule has 1 amide bonds. The van der Waals surface area contributed by atoms with Crippen molar-refractivity contribution in [2.24, 2.45) is 5.41 Å². The van der Waals surface area contributed by atoms with Crippen molar-refractivity contribution in [2.75, 3.05) is 13.2 Å². The Bertz CT molecular complexity index is 286. The predicted octanol–water partition coefficient (Wildman–Crippen LogP) is 1.17. The normalized spacial score (nSPS) is 23.1. The zero-order valence-electron chi connectivity index (χ0n) is 10.5. The molecule has 2 N–H and O–H groups in total. The largest absolute Gasteiger partial charge is 0.481 e. The topological polar surface area (TPSA) is 75.6 Å². The number of ether oxygens (including phenoxy) is 1. The number of hydrogen-bond donors (Lipinski definition) is 2. The summed E-state index contributed by atoms with van der Waals surface area (Å²) in [6.45, 7) is 4.34. The van der Waals surface area contributed by atoms with Gasteiger partial charge in [-0.25, -0.2) is 0 Å². The third-order valence-electron chi connectivity index (χ3n) is 3.41. The first-order chi connectivity index (χ1) is 7.98. The monoisotopic (exact) mass is 243 g/mol. The number of nitrogens with one attached hydrogen (secondary N) is 1. The molecule has 0 aromatic heterocycles. The van der Waals surface area contributed by atoms with E-state index in [9.17, 15) is 9.59 Å². The fraction of sp³-hybridized carbons (Fsp3) is 0.833. The summed E-state index contributed by atoms with van der Waals surface area (Å²) in [5.41, 5.74) is -0.883. The minimum absolute atomic E-state index is 0.00714. The molecule has 1 fully saturated rings. The smallest absolute Gasteiger partial charge is 0.311 e. The van der Waals surface area contributed by atoms with Crippen molar-refractivity contribution in [2.45, 2.75) is 45.6 Å². The van der Waals surface area contributed by atoms with Gasteiger partial charge in [-0.05, 0) is 26.2 Å². The molecule has 0 saturated carbocycles. The van der Waals surface area contributed by atoms with E-state index in [2.05, 4.69) is 5.32 Å². The highest BCUT2D eigenvalue weighted by molar-refractivity contribution is 5.79. The highest BCUT2D eigenvalue weighted by atomic mass is 16.5. The maximum atomic E-state index is 11.6. The van der Waals surface area contributed by atoms with Gasteiger partial charge in [0.15, 0.2) is 0 Å². The first-order valence-corrected chi connectivity index (χ1v) is 6.09. The summed E-state index contributed by atoms with van der Waals surface area (Å²) in [5, 5.41) is 11.7. The van der Waals surface area contributed by atoms with Crippen LogP contribution in [-0.2, 0) is 14.3 Å². The molecule has 1 saturated heterocycles. The van der Waals surface area contributed by atoms with Gasteiger partial charge in [-0.2, -0.15) is 0 Å². The summed E-state index contributed by atoms with van der Waals surface area (Å²) < 4.78 is 5.35. The molecule has 2 atom stereocenters. The van der Waals surface area contributed by atoms with E-state index in [-0.39, 0.29) is 18.6 Å². The average molecular weight is 243 g/mol. The molecule has 0 aliphatic carbocycles. The lowest BCUT2D eigenvalue weighted by Gasteiger charge is -2.23. The van der Waals surface area contributed by atoms with Crippen molar-refractivity contribution in [3.63, 3.8) is 0 Å². The number of carbonyl (C=O) groups is 2. The first kappa shape index (κ1) is 14.0. The van der Waals surface area contributed by atoms with Crippen LogP contribution in [0.3, 0.4) is 0 Å². The van der Waals surface area contributed by atoms with E-state index >= 15 is 0 Å². The Morgan fingerprint density at radius 2 is 2.24 bits per heavy atom. The van der Waals surface area contributed by atoms with Gasteiger partial charge < -0.3 is 15.2 Å². The summed E-state index contributed by atoms with van der Waals surface area (Å²) in [7, 11) is 0. The predicted molar refractivity (Wildman–Crippen MR) is 62.6 cm³/mol. The Balaban J connectivity index is 2.33. The molecule has 0 bridgehead atoms. The van der Waals surface area contributed by atoms with Crippen molar-refractivity contribution in [1.82, 2.24) is 5.32 Å². The summed E-state index contributed by atoms with van der Waals surface area (Å²) in [6.07, 6.45) is 2.74. The molecule has 98 valence electrons. The van der Waals surface area contributed by atoms with Crippen LogP contribution in [0.4, 0.5) is 0 Å². The Morgan fingerprint density at radius 1 is 1.53 bits per heavy atom. The highest BCUT2D eigenvalue weighted by Crippen LogP contribution is 2.20. The van der Waals surface area contributed by atoms with E-state index in [1.807, 2.05) is 0 Å². The maximum absolute atomic E-state index is 11.6. The lowest BCUT2D eigenvalue weighted by atomic mass is 9.87. The standard InChI is InChI=1S/C12H21NO4/c1-3-12(2,11(15)16)8-13-10(14)7-9-5-4-6-17-9/h9H,3-8H2,1-2H3,(H,13,14)(H,15,16). The van der Waals surface area contributed by atoms with E-state index in [1.165, 1.54) is 0 Å². The minimum atomic E-state index is -0.883. The second-order valence-electron chi connectivity index (χ2n) is 4.84. The van der Waals surface area contributed by atoms with Crippen LogP contribution in [0.15, 0.2) is 0 Å². The van der Waals surface area contributed by atoms with E-state index in [0.29, 0.717) is 12.8 Å². The Morgan fingerprint density at radius 3 is 2.71 bits per heavy atom. The number of hydrogen-bond acceptors (Lipinski definition) is 3. The molecular weight excluding hydrogens is 222 g/mol. The number of rotatable bonds is 6. The molecule has 17 heavy (non-hydrogen) atoms. The van der Waals surface area contributed by atoms with Gasteiger partial charge in [0.1, 0.15) is 0 Å². The molecule has 1 aliphatic heterocycles. The number of carboxylic acids is 1. The summed E-state index contributed by atoms with van der Waals surface area (Å²) >= 11 is 0. The SMILES string of the molecule is CCC(C)(CNC(=O)CC1CCCO1)C(=O)O. The molecule has 5 heteroatoms. The summed E-state index contributed by atoms with van der Waals surface area (Å²) in [5.74, 6) is -1.00. The summed E-state index contributed by atoms with van der Waals surface area (Å²) in [4.78, 5) is 22.6. The van der Waals surface area contributed by atoms with Crippen LogP contribution in [0.25, 0.3) is 0 Å². The third-order valence-corrected chi connectivity index (χ3v) is 3.41. The van der Waals surface area contributed by atoms with Gasteiger partial charge in [0, 0.05) is 13.2 Å². The van der Waals surface area contributed by atoms with Crippen LogP contribution in [0.2, 0.25) is 0 Å². The molecule has 0 radical (unpaired) electrons. The van der Waals surface area contributed by atoms with Crippen molar-refractivity contribution in [3.8, 4) is 0 Å². The van der Waals surface area contributed by atoms with Crippen LogP contribution >= 0.6 is 0 Å². The Kier molecular flexibility index (Phi) is 4.93. The zero-order valence-corrected chi connectivity index (χ0v) is 10.5. The second-order valence-corrected chi connectivity index (χ2v) is 4.84. The molecule has 1 heterocycles. The second kappa shape index (κ2) is 6.00. The third kappa shape index (κ3) is 4.00. The van der Waals surface area contributed by atoms with Crippen LogP contribution in [-0.4, -0.2) is 36.2 Å². The fourth-order valence-corrected chi connectivity index (χ4v) is 1.73. The van der Waals surface area contributed by atoms with Crippen LogP contribution in [0.1, 0.15) is 39.5 Å². The van der Waals surface area contributed by atoms with Gasteiger partial charge in [-0.1, -0.05) is 6.92 Å². The van der Waals surface area contributed by atoms with E-state index < -0.39 is 11.4 Å². The number of aliphatic carboxylic acids is 1. The molecule has 1 aliphatic rings. The molecule has 1 rings (SSSR count). The summed E-state index contributed by atoms with van der Waals surface area (Å²) in [6, 6.07) is 0. The Hall–Kier alpha value is -1.10. The highest BCUT2D eigenvalue weighted by Gasteiger charge is 2.31. The van der Waals surface area contributed by atoms with Crippen LogP contribution in [0, 0.1) is 5.41 Å². The quantitative estimate of drug-likeness (QED) is 0.734. The fourth-order valence-electron chi connectivity index (χ4n) is 1.73. The molecular formula is C12H21NO4. The van der Waals surface area contributed by atoms with Crippen molar-refractivity contribution in [3.05, 3.63) is 0 Å². The zero-order chi connectivity index (χ0) is 12.9.